The van der Waals surface area contributed by atoms with Crippen LogP contribution in [0.25, 0.3) is 0 Å². The Labute approximate surface area is 147 Å². The number of hydrogen-bond donors (Lipinski definition) is 2. The van der Waals surface area contributed by atoms with Crippen molar-refractivity contribution in [2.75, 3.05) is 26.2 Å². The summed E-state index contributed by atoms with van der Waals surface area (Å²) in [5, 5.41) is 19.4. The van der Waals surface area contributed by atoms with Crippen molar-refractivity contribution >= 4 is 12.0 Å². The molecule has 25 heavy (non-hydrogen) atoms. The highest BCUT2D eigenvalue weighted by Gasteiger charge is 2.30. The molecule has 1 aliphatic heterocycles. The van der Waals surface area contributed by atoms with Gasteiger partial charge in [0.15, 0.2) is 0 Å². The van der Waals surface area contributed by atoms with E-state index in [4.69, 9.17) is 4.74 Å². The summed E-state index contributed by atoms with van der Waals surface area (Å²) in [6.45, 7) is 6.92. The molecule has 1 aromatic rings. The predicted molar refractivity (Wildman–Crippen MR) is 92.2 cm³/mol. The summed E-state index contributed by atoms with van der Waals surface area (Å²) in [5.41, 5.74) is 0.218. The Bertz CT molecular complexity index is 601. The van der Waals surface area contributed by atoms with Crippen molar-refractivity contribution in [3.63, 3.8) is 0 Å². The van der Waals surface area contributed by atoms with Crippen LogP contribution in [0.4, 0.5) is 4.79 Å². The third kappa shape index (κ3) is 5.63. The minimum atomic E-state index is -1.14. The third-order valence-electron chi connectivity index (χ3n) is 3.89. The maximum atomic E-state index is 12.4. The molecule has 7 heteroatoms. The molecule has 0 saturated carbocycles. The lowest BCUT2D eigenvalue weighted by molar-refractivity contribution is -0.141. The molecule has 0 spiro atoms. The molecule has 1 saturated heterocycles. The van der Waals surface area contributed by atoms with Gasteiger partial charge in [0.2, 0.25) is 0 Å². The largest absolute Gasteiger partial charge is 0.508 e. The van der Waals surface area contributed by atoms with E-state index in [1.807, 2.05) is 20.8 Å². The number of ether oxygens (including phenoxy) is 1. The number of rotatable bonds is 3. The van der Waals surface area contributed by atoms with Crippen molar-refractivity contribution in [3.8, 4) is 5.75 Å². The highest BCUT2D eigenvalue weighted by atomic mass is 16.6. The Morgan fingerprint density at radius 1 is 1.08 bits per heavy atom. The number of amides is 2. The highest BCUT2D eigenvalue weighted by molar-refractivity contribution is 5.81. The van der Waals surface area contributed by atoms with E-state index >= 15 is 0 Å². The average Bonchev–Trinajstić information content (AvgIpc) is 2.55. The quantitative estimate of drug-likeness (QED) is 0.859. The Balaban J connectivity index is 1.84. The lowest BCUT2D eigenvalue weighted by Crippen LogP contribution is -2.53. The molecule has 2 N–H and O–H groups in total. The molecular weight excluding hydrogens is 324 g/mol. The second-order valence-electron chi connectivity index (χ2n) is 7.18. The van der Waals surface area contributed by atoms with E-state index in [9.17, 15) is 19.8 Å². The number of hydrogen-bond acceptors (Lipinski definition) is 5. The number of piperazine rings is 1. The maximum absolute atomic E-state index is 12.4. The van der Waals surface area contributed by atoms with Crippen molar-refractivity contribution in [3.05, 3.63) is 29.8 Å². The number of aliphatic hydroxyl groups excluding tert-OH is 1. The molecular formula is C18H26N2O5. The van der Waals surface area contributed by atoms with Gasteiger partial charge in [-0.15, -0.1) is 0 Å². The summed E-state index contributed by atoms with van der Waals surface area (Å²) in [6.07, 6.45) is -1.34. The summed E-state index contributed by atoms with van der Waals surface area (Å²) >= 11 is 0. The fourth-order valence-corrected chi connectivity index (χ4v) is 2.59. The van der Waals surface area contributed by atoms with Crippen molar-refractivity contribution in [1.29, 1.82) is 0 Å². The second kappa shape index (κ2) is 7.74. The molecule has 2 rings (SSSR count). The average molecular weight is 350 g/mol. The molecule has 7 nitrogen and oxygen atoms in total. The Morgan fingerprint density at radius 3 is 2.12 bits per heavy atom. The van der Waals surface area contributed by atoms with Crippen LogP contribution in [-0.2, 0) is 16.0 Å². The number of aliphatic hydroxyl groups is 1. The van der Waals surface area contributed by atoms with Gasteiger partial charge in [0.1, 0.15) is 17.5 Å². The maximum Gasteiger partial charge on any atom is 0.410 e. The van der Waals surface area contributed by atoms with Gasteiger partial charge in [0.05, 0.1) is 0 Å². The third-order valence-corrected chi connectivity index (χ3v) is 3.89. The fraction of sp³-hybridized carbons (Fsp3) is 0.556. The minimum absolute atomic E-state index is 0.142. The van der Waals surface area contributed by atoms with E-state index < -0.39 is 11.7 Å². The van der Waals surface area contributed by atoms with E-state index in [1.54, 1.807) is 21.9 Å². The molecule has 1 fully saturated rings. The van der Waals surface area contributed by atoms with Crippen molar-refractivity contribution in [2.45, 2.75) is 38.9 Å². The highest BCUT2D eigenvalue weighted by Crippen LogP contribution is 2.14. The zero-order chi connectivity index (χ0) is 18.6. The monoisotopic (exact) mass is 350 g/mol. The van der Waals surface area contributed by atoms with Crippen LogP contribution in [0, 0.1) is 0 Å². The lowest BCUT2D eigenvalue weighted by atomic mass is 10.1. The van der Waals surface area contributed by atoms with Crippen LogP contribution in [0.15, 0.2) is 24.3 Å². The van der Waals surface area contributed by atoms with Gasteiger partial charge < -0.3 is 24.7 Å². The van der Waals surface area contributed by atoms with Gasteiger partial charge >= 0.3 is 6.09 Å². The SMILES string of the molecule is CC(C)(C)OC(=O)N1CCN(C(=O)C(O)Cc2ccc(O)cc2)CC1. The Kier molecular flexibility index (Phi) is 5.89. The van der Waals surface area contributed by atoms with Gasteiger partial charge in [-0.1, -0.05) is 12.1 Å². The number of phenolic OH excluding ortho intramolecular Hbond substituents is 1. The number of nitrogens with zero attached hydrogens (tertiary/aromatic N) is 2. The number of phenols is 1. The normalized spacial score (nSPS) is 16.5. The summed E-state index contributed by atoms with van der Waals surface area (Å²) in [6, 6.07) is 6.39. The van der Waals surface area contributed by atoms with Crippen LogP contribution in [0.1, 0.15) is 26.3 Å². The summed E-state index contributed by atoms with van der Waals surface area (Å²) < 4.78 is 5.32. The summed E-state index contributed by atoms with van der Waals surface area (Å²) in [4.78, 5) is 27.5. The van der Waals surface area contributed by atoms with Crippen LogP contribution in [0.2, 0.25) is 0 Å². The molecule has 1 aliphatic rings. The van der Waals surface area contributed by atoms with Crippen molar-refractivity contribution in [1.82, 2.24) is 9.80 Å². The Hall–Kier alpha value is -2.28. The molecule has 1 atom stereocenters. The van der Waals surface area contributed by atoms with E-state index in [0.29, 0.717) is 26.2 Å². The van der Waals surface area contributed by atoms with Crippen LogP contribution < -0.4 is 0 Å². The van der Waals surface area contributed by atoms with Gasteiger partial charge in [-0.05, 0) is 38.5 Å². The van der Waals surface area contributed by atoms with E-state index in [2.05, 4.69) is 0 Å². The number of carbonyl (C=O) groups excluding carboxylic acids is 2. The molecule has 1 unspecified atom stereocenters. The molecule has 0 bridgehead atoms. The van der Waals surface area contributed by atoms with E-state index in [0.717, 1.165) is 5.56 Å². The topological polar surface area (TPSA) is 90.3 Å². The number of benzene rings is 1. The molecule has 1 aromatic carbocycles. The first-order valence-corrected chi connectivity index (χ1v) is 8.38. The minimum Gasteiger partial charge on any atom is -0.508 e. The van der Waals surface area contributed by atoms with E-state index in [-0.39, 0.29) is 24.2 Å². The van der Waals surface area contributed by atoms with Crippen molar-refractivity contribution in [2.24, 2.45) is 0 Å². The zero-order valence-corrected chi connectivity index (χ0v) is 14.9. The van der Waals surface area contributed by atoms with Gasteiger partial charge in [-0.3, -0.25) is 4.79 Å². The Morgan fingerprint density at radius 2 is 1.60 bits per heavy atom. The van der Waals surface area contributed by atoms with Crippen LogP contribution in [-0.4, -0.2) is 69.9 Å². The van der Waals surface area contributed by atoms with Gasteiger partial charge in [0.25, 0.3) is 5.91 Å². The van der Waals surface area contributed by atoms with E-state index in [1.165, 1.54) is 12.1 Å². The van der Waals surface area contributed by atoms with Crippen LogP contribution >= 0.6 is 0 Å². The second-order valence-corrected chi connectivity index (χ2v) is 7.18. The van der Waals surface area contributed by atoms with Crippen molar-refractivity contribution < 1.29 is 24.5 Å². The first kappa shape index (κ1) is 19.1. The first-order chi connectivity index (χ1) is 11.7. The first-order valence-electron chi connectivity index (χ1n) is 8.38. The molecule has 1 heterocycles. The lowest BCUT2D eigenvalue weighted by Gasteiger charge is -2.36. The fourth-order valence-electron chi connectivity index (χ4n) is 2.59. The standard InChI is InChI=1S/C18H26N2O5/c1-18(2,3)25-17(24)20-10-8-19(9-11-20)16(23)15(22)12-13-4-6-14(21)7-5-13/h4-7,15,21-22H,8-12H2,1-3H3. The zero-order valence-electron chi connectivity index (χ0n) is 14.9. The van der Waals surface area contributed by atoms with Crippen LogP contribution in [0.3, 0.4) is 0 Å². The number of carbonyl (C=O) groups is 2. The predicted octanol–water partition coefficient (Wildman–Crippen LogP) is 1.37. The molecule has 0 aromatic heterocycles. The molecule has 138 valence electrons. The number of aromatic hydroxyl groups is 1. The van der Waals surface area contributed by atoms with Gasteiger partial charge in [-0.2, -0.15) is 0 Å². The smallest absolute Gasteiger partial charge is 0.410 e. The molecule has 2 amide bonds. The molecule has 0 radical (unpaired) electrons. The summed E-state index contributed by atoms with van der Waals surface area (Å²) in [5.74, 6) is -0.209. The molecule has 0 aliphatic carbocycles. The van der Waals surface area contributed by atoms with Gasteiger partial charge in [0, 0.05) is 32.6 Å². The van der Waals surface area contributed by atoms with Gasteiger partial charge in [-0.25, -0.2) is 4.79 Å². The van der Waals surface area contributed by atoms with Crippen LogP contribution in [0.5, 0.6) is 5.75 Å². The summed E-state index contributed by atoms with van der Waals surface area (Å²) in [7, 11) is 0.